The van der Waals surface area contributed by atoms with Crippen LogP contribution < -0.4 is 10.6 Å². The van der Waals surface area contributed by atoms with Crippen LogP contribution in [0.3, 0.4) is 0 Å². The van der Waals surface area contributed by atoms with E-state index in [1.165, 1.54) is 11.1 Å². The summed E-state index contributed by atoms with van der Waals surface area (Å²) in [6.45, 7) is 1.62. The van der Waals surface area contributed by atoms with Crippen molar-refractivity contribution in [3.63, 3.8) is 0 Å². The molecule has 0 unspecified atom stereocenters. The van der Waals surface area contributed by atoms with E-state index in [0.717, 1.165) is 18.7 Å². The second kappa shape index (κ2) is 6.20. The zero-order valence-corrected chi connectivity index (χ0v) is 13.2. The molecule has 0 spiro atoms. The number of rotatable bonds is 4. The van der Waals surface area contributed by atoms with Crippen molar-refractivity contribution in [3.05, 3.63) is 77.6 Å². The average molecular weight is 318 g/mol. The van der Waals surface area contributed by atoms with Gasteiger partial charge in [-0.25, -0.2) is 0 Å². The zero-order valence-electron chi connectivity index (χ0n) is 13.2. The Hall–Kier alpha value is -3.08. The number of aromatic nitrogens is 2. The minimum absolute atomic E-state index is 0.120. The molecular formula is C19H18N4O. The zero-order chi connectivity index (χ0) is 16.4. The predicted octanol–water partition coefficient (Wildman–Crippen LogP) is 3.15. The lowest BCUT2D eigenvalue weighted by molar-refractivity contribution is 0.102. The summed E-state index contributed by atoms with van der Waals surface area (Å²) in [6.07, 6.45) is 4.53. The Morgan fingerprint density at radius 2 is 2.08 bits per heavy atom. The number of amides is 1. The van der Waals surface area contributed by atoms with Gasteiger partial charge in [-0.1, -0.05) is 36.4 Å². The molecule has 1 aliphatic heterocycles. The molecule has 0 fully saturated rings. The first-order valence-electron chi connectivity index (χ1n) is 8.02. The van der Waals surface area contributed by atoms with E-state index in [4.69, 9.17) is 0 Å². The van der Waals surface area contributed by atoms with Gasteiger partial charge >= 0.3 is 0 Å². The van der Waals surface area contributed by atoms with Gasteiger partial charge in [0.2, 0.25) is 0 Å². The number of carbonyl (C=O) groups is 1. The standard InChI is InChI=1S/C19H18N4O/c24-19(16-7-6-15-8-9-20-18(15)10-16)22-17-11-21-23(13-17)12-14-4-2-1-3-5-14/h1-7,10-11,13,20H,8-9,12H2,(H,22,24). The Bertz CT molecular complexity index is 870. The smallest absolute Gasteiger partial charge is 0.255 e. The fraction of sp³-hybridized carbons (Fsp3) is 0.158. The molecule has 0 saturated heterocycles. The number of benzene rings is 2. The third-order valence-corrected chi connectivity index (χ3v) is 4.16. The molecule has 0 aliphatic carbocycles. The second-order valence-corrected chi connectivity index (χ2v) is 5.92. The summed E-state index contributed by atoms with van der Waals surface area (Å²) >= 11 is 0. The molecule has 2 heterocycles. The van der Waals surface area contributed by atoms with Crippen LogP contribution in [0.2, 0.25) is 0 Å². The number of hydrogen-bond donors (Lipinski definition) is 2. The van der Waals surface area contributed by atoms with Crippen molar-refractivity contribution in [2.75, 3.05) is 17.2 Å². The predicted molar refractivity (Wildman–Crippen MR) is 94.4 cm³/mol. The largest absolute Gasteiger partial charge is 0.384 e. The van der Waals surface area contributed by atoms with Gasteiger partial charge in [0.15, 0.2) is 0 Å². The highest BCUT2D eigenvalue weighted by atomic mass is 16.1. The van der Waals surface area contributed by atoms with Crippen LogP contribution in [0.25, 0.3) is 0 Å². The van der Waals surface area contributed by atoms with Gasteiger partial charge in [-0.2, -0.15) is 5.10 Å². The summed E-state index contributed by atoms with van der Waals surface area (Å²) in [7, 11) is 0. The monoisotopic (exact) mass is 318 g/mol. The summed E-state index contributed by atoms with van der Waals surface area (Å²) in [4.78, 5) is 12.4. The molecule has 2 aromatic carbocycles. The minimum Gasteiger partial charge on any atom is -0.384 e. The highest BCUT2D eigenvalue weighted by Gasteiger charge is 2.14. The highest BCUT2D eigenvalue weighted by Crippen LogP contribution is 2.23. The summed E-state index contributed by atoms with van der Waals surface area (Å²) in [5, 5.41) is 10.5. The second-order valence-electron chi connectivity index (χ2n) is 5.92. The van der Waals surface area contributed by atoms with Crippen LogP contribution in [0.1, 0.15) is 21.5 Å². The third kappa shape index (κ3) is 3.01. The van der Waals surface area contributed by atoms with E-state index < -0.39 is 0 Å². The van der Waals surface area contributed by atoms with Gasteiger partial charge in [0, 0.05) is 24.0 Å². The molecule has 1 aromatic heterocycles. The van der Waals surface area contributed by atoms with Crippen LogP contribution in [0, 0.1) is 0 Å². The van der Waals surface area contributed by atoms with Gasteiger partial charge in [0.25, 0.3) is 5.91 Å². The average Bonchev–Trinajstić information content (AvgIpc) is 3.24. The lowest BCUT2D eigenvalue weighted by atomic mass is 10.1. The molecule has 5 nitrogen and oxygen atoms in total. The molecule has 120 valence electrons. The maximum absolute atomic E-state index is 12.4. The maximum Gasteiger partial charge on any atom is 0.255 e. The quantitative estimate of drug-likeness (QED) is 0.777. The number of fused-ring (bicyclic) bond motifs is 1. The summed E-state index contributed by atoms with van der Waals surface area (Å²) < 4.78 is 1.81. The van der Waals surface area contributed by atoms with E-state index in [2.05, 4.69) is 27.9 Å². The Balaban J connectivity index is 1.45. The van der Waals surface area contributed by atoms with Crippen LogP contribution in [-0.4, -0.2) is 22.2 Å². The molecule has 5 heteroatoms. The van der Waals surface area contributed by atoms with E-state index in [9.17, 15) is 4.79 Å². The molecule has 0 bridgehead atoms. The van der Waals surface area contributed by atoms with E-state index in [1.807, 2.05) is 47.3 Å². The van der Waals surface area contributed by atoms with Crippen LogP contribution in [0.15, 0.2) is 60.9 Å². The summed E-state index contributed by atoms with van der Waals surface area (Å²) in [5.41, 5.74) is 4.84. The summed E-state index contributed by atoms with van der Waals surface area (Å²) in [5.74, 6) is -0.120. The first-order valence-corrected chi connectivity index (χ1v) is 8.02. The Kier molecular flexibility index (Phi) is 3.75. The maximum atomic E-state index is 12.4. The van der Waals surface area contributed by atoms with E-state index in [1.54, 1.807) is 6.20 Å². The lowest BCUT2D eigenvalue weighted by Gasteiger charge is -2.05. The molecule has 0 atom stereocenters. The fourth-order valence-corrected chi connectivity index (χ4v) is 2.92. The Labute approximate surface area is 140 Å². The molecule has 1 amide bonds. The summed E-state index contributed by atoms with van der Waals surface area (Å²) in [6, 6.07) is 15.9. The van der Waals surface area contributed by atoms with Crippen molar-refractivity contribution >= 4 is 17.3 Å². The normalized spacial score (nSPS) is 12.5. The molecule has 4 rings (SSSR count). The van der Waals surface area contributed by atoms with Crippen molar-refractivity contribution in [2.45, 2.75) is 13.0 Å². The highest BCUT2D eigenvalue weighted by molar-refractivity contribution is 6.04. The van der Waals surface area contributed by atoms with E-state index in [-0.39, 0.29) is 5.91 Å². The van der Waals surface area contributed by atoms with Crippen LogP contribution in [0.4, 0.5) is 11.4 Å². The lowest BCUT2D eigenvalue weighted by Crippen LogP contribution is -2.11. The molecule has 0 radical (unpaired) electrons. The van der Waals surface area contributed by atoms with Crippen LogP contribution >= 0.6 is 0 Å². The fourth-order valence-electron chi connectivity index (χ4n) is 2.92. The number of nitrogens with zero attached hydrogens (tertiary/aromatic N) is 2. The molecular weight excluding hydrogens is 300 g/mol. The molecule has 24 heavy (non-hydrogen) atoms. The SMILES string of the molecule is O=C(Nc1cnn(Cc2ccccc2)c1)c1ccc2c(c1)NCC2. The van der Waals surface area contributed by atoms with E-state index in [0.29, 0.717) is 17.8 Å². The van der Waals surface area contributed by atoms with Crippen molar-refractivity contribution in [3.8, 4) is 0 Å². The van der Waals surface area contributed by atoms with Crippen molar-refractivity contribution in [1.82, 2.24) is 9.78 Å². The number of anilines is 2. The topological polar surface area (TPSA) is 59.0 Å². The van der Waals surface area contributed by atoms with Gasteiger partial charge < -0.3 is 10.6 Å². The molecule has 0 saturated carbocycles. The Morgan fingerprint density at radius 3 is 2.96 bits per heavy atom. The minimum atomic E-state index is -0.120. The molecule has 3 aromatic rings. The first kappa shape index (κ1) is 14.5. The van der Waals surface area contributed by atoms with Gasteiger partial charge in [-0.3, -0.25) is 9.48 Å². The van der Waals surface area contributed by atoms with Crippen LogP contribution in [0.5, 0.6) is 0 Å². The number of hydrogen-bond acceptors (Lipinski definition) is 3. The molecule has 2 N–H and O–H groups in total. The Morgan fingerprint density at radius 1 is 1.21 bits per heavy atom. The first-order chi connectivity index (χ1) is 11.8. The van der Waals surface area contributed by atoms with Crippen molar-refractivity contribution < 1.29 is 4.79 Å². The molecule has 1 aliphatic rings. The van der Waals surface area contributed by atoms with Crippen LogP contribution in [-0.2, 0) is 13.0 Å². The van der Waals surface area contributed by atoms with E-state index >= 15 is 0 Å². The van der Waals surface area contributed by atoms with Crippen molar-refractivity contribution in [1.29, 1.82) is 0 Å². The van der Waals surface area contributed by atoms with Crippen molar-refractivity contribution in [2.24, 2.45) is 0 Å². The number of carbonyl (C=O) groups excluding carboxylic acids is 1. The van der Waals surface area contributed by atoms with Gasteiger partial charge in [0.05, 0.1) is 18.4 Å². The van der Waals surface area contributed by atoms with Gasteiger partial charge in [-0.15, -0.1) is 0 Å². The van der Waals surface area contributed by atoms with Gasteiger partial charge in [-0.05, 0) is 29.7 Å². The third-order valence-electron chi connectivity index (χ3n) is 4.16. The number of nitrogens with one attached hydrogen (secondary N) is 2. The van der Waals surface area contributed by atoms with Gasteiger partial charge in [0.1, 0.15) is 0 Å².